The Kier molecular flexibility index (Phi) is 6.78. The first-order valence-electron chi connectivity index (χ1n) is 11.7. The highest BCUT2D eigenvalue weighted by molar-refractivity contribution is 7.92. The molecule has 1 heterocycles. The van der Waals surface area contributed by atoms with Gasteiger partial charge in [0.05, 0.1) is 28.6 Å². The van der Waals surface area contributed by atoms with Crippen molar-refractivity contribution in [3.8, 4) is 28.7 Å². The van der Waals surface area contributed by atoms with Crippen molar-refractivity contribution in [2.24, 2.45) is 11.8 Å². The van der Waals surface area contributed by atoms with Crippen molar-refractivity contribution >= 4 is 15.7 Å². The van der Waals surface area contributed by atoms with Crippen molar-refractivity contribution in [2.45, 2.75) is 29.9 Å². The summed E-state index contributed by atoms with van der Waals surface area (Å²) in [5, 5.41) is 19.6. The summed E-state index contributed by atoms with van der Waals surface area (Å²) in [4.78, 5) is -0.650. The van der Waals surface area contributed by atoms with Gasteiger partial charge in [0, 0.05) is 17.9 Å². The number of alkyl halides is 3. The average Bonchev–Trinajstić information content (AvgIpc) is 3.39. The average molecular weight is 566 g/mol. The highest BCUT2D eigenvalue weighted by Crippen LogP contribution is 2.43. The van der Waals surface area contributed by atoms with Crippen LogP contribution in [0, 0.1) is 35.3 Å². The summed E-state index contributed by atoms with van der Waals surface area (Å²) in [7, 11) is -4.66. The molecule has 5 rings (SSSR count). The lowest BCUT2D eigenvalue weighted by atomic mass is 9.88. The number of hydrogen-bond acceptors (Lipinski definition) is 5. The molecule has 0 fully saturated rings. The third-order valence-electron chi connectivity index (χ3n) is 6.69. The molecular formula is C27H20F5NO5S. The first kappa shape index (κ1) is 26.9. The summed E-state index contributed by atoms with van der Waals surface area (Å²) in [6, 6.07) is 9.94. The lowest BCUT2D eigenvalue weighted by Gasteiger charge is -2.39. The first-order valence-corrected chi connectivity index (χ1v) is 13.1. The molecule has 1 aliphatic heterocycles. The second kappa shape index (κ2) is 9.82. The zero-order valence-electron chi connectivity index (χ0n) is 19.9. The summed E-state index contributed by atoms with van der Waals surface area (Å²) < 4.78 is 103. The van der Waals surface area contributed by atoms with Gasteiger partial charge in [0.25, 0.3) is 10.0 Å². The molecule has 0 unspecified atom stereocenters. The Balaban J connectivity index is 1.64. The Morgan fingerprint density at radius 3 is 2.51 bits per heavy atom. The van der Waals surface area contributed by atoms with Gasteiger partial charge in [-0.2, -0.15) is 13.2 Å². The van der Waals surface area contributed by atoms with Gasteiger partial charge >= 0.3 is 6.18 Å². The van der Waals surface area contributed by atoms with E-state index in [1.807, 2.05) is 0 Å². The van der Waals surface area contributed by atoms with Crippen LogP contribution in [0.15, 0.2) is 65.6 Å². The molecule has 2 aliphatic rings. The minimum Gasteiger partial charge on any atom is -0.485 e. The molecule has 0 aromatic heterocycles. The number of ether oxygens (including phenoxy) is 1. The van der Waals surface area contributed by atoms with Crippen LogP contribution < -0.4 is 9.04 Å². The zero-order valence-corrected chi connectivity index (χ0v) is 20.7. The Morgan fingerprint density at radius 1 is 1.03 bits per heavy atom. The molecule has 39 heavy (non-hydrogen) atoms. The SMILES string of the molecule is O=S(=O)(c1cccc(C(F)(F)F)c1)N1C[C@H]([C@H]2C#CC[C@@H]2C(O)O)Oc2ccc(-c3cc(F)ccc3F)cc21. The quantitative estimate of drug-likeness (QED) is 0.269. The molecule has 0 saturated heterocycles. The third-order valence-corrected chi connectivity index (χ3v) is 8.47. The predicted molar refractivity (Wildman–Crippen MR) is 130 cm³/mol. The summed E-state index contributed by atoms with van der Waals surface area (Å²) in [6.07, 6.45) is -7.48. The van der Waals surface area contributed by atoms with E-state index in [9.17, 15) is 40.6 Å². The Morgan fingerprint density at radius 2 is 1.79 bits per heavy atom. The molecule has 3 aromatic carbocycles. The van der Waals surface area contributed by atoms with Gasteiger partial charge in [-0.3, -0.25) is 4.31 Å². The number of aliphatic hydroxyl groups excluding tert-OH is 1. The summed E-state index contributed by atoms with van der Waals surface area (Å²) in [6.45, 7) is -0.441. The summed E-state index contributed by atoms with van der Waals surface area (Å²) >= 11 is 0. The third kappa shape index (κ3) is 5.05. The van der Waals surface area contributed by atoms with Gasteiger partial charge < -0.3 is 14.9 Å². The smallest absolute Gasteiger partial charge is 0.416 e. The van der Waals surface area contributed by atoms with Gasteiger partial charge in [-0.25, -0.2) is 17.2 Å². The van der Waals surface area contributed by atoms with E-state index in [2.05, 4.69) is 11.8 Å². The number of fused-ring (bicyclic) bond motifs is 1. The molecule has 0 spiro atoms. The van der Waals surface area contributed by atoms with Crippen molar-refractivity contribution < 1.29 is 45.3 Å². The van der Waals surface area contributed by atoms with Crippen LogP contribution in [0.5, 0.6) is 5.75 Å². The number of sulfonamides is 1. The van der Waals surface area contributed by atoms with Gasteiger partial charge in [0.1, 0.15) is 23.5 Å². The number of aliphatic hydroxyl groups is 2. The second-order valence-corrected chi connectivity index (χ2v) is 11.0. The normalized spacial score (nSPS) is 20.8. The first-order chi connectivity index (χ1) is 18.4. The Bertz CT molecular complexity index is 1600. The van der Waals surface area contributed by atoms with Crippen LogP contribution in [-0.4, -0.2) is 37.6 Å². The number of hydrogen-bond donors (Lipinski definition) is 2. The molecular weight excluding hydrogens is 545 g/mol. The van der Waals surface area contributed by atoms with E-state index in [1.165, 1.54) is 18.2 Å². The van der Waals surface area contributed by atoms with E-state index >= 15 is 0 Å². The van der Waals surface area contributed by atoms with Crippen LogP contribution in [0.25, 0.3) is 11.1 Å². The fraction of sp³-hybridized carbons (Fsp3) is 0.259. The van der Waals surface area contributed by atoms with Gasteiger partial charge in [-0.05, 0) is 54.1 Å². The van der Waals surface area contributed by atoms with Crippen LogP contribution in [-0.2, 0) is 16.2 Å². The van der Waals surface area contributed by atoms with Crippen LogP contribution >= 0.6 is 0 Å². The van der Waals surface area contributed by atoms with Gasteiger partial charge in [0.2, 0.25) is 0 Å². The maximum absolute atomic E-state index is 14.5. The van der Waals surface area contributed by atoms with E-state index in [-0.39, 0.29) is 29.0 Å². The van der Waals surface area contributed by atoms with Crippen LogP contribution in [0.2, 0.25) is 0 Å². The fourth-order valence-corrected chi connectivity index (χ4v) is 6.25. The Hall–Kier alpha value is -3.66. The summed E-state index contributed by atoms with van der Waals surface area (Å²) in [5.74, 6) is 2.44. The van der Waals surface area contributed by atoms with Gasteiger partial charge in [0.15, 0.2) is 6.29 Å². The number of anilines is 1. The zero-order chi connectivity index (χ0) is 28.1. The largest absolute Gasteiger partial charge is 0.485 e. The molecule has 6 nitrogen and oxygen atoms in total. The van der Waals surface area contributed by atoms with Crippen molar-refractivity contribution in [1.29, 1.82) is 0 Å². The van der Waals surface area contributed by atoms with E-state index in [0.29, 0.717) is 6.07 Å². The molecule has 0 radical (unpaired) electrons. The second-order valence-electron chi connectivity index (χ2n) is 9.15. The topological polar surface area (TPSA) is 87.1 Å². The lowest BCUT2D eigenvalue weighted by molar-refractivity contribution is -0.137. The standard InChI is InChI=1S/C27H20F5NO5S/c28-17-8-9-22(29)21(13-17)15-7-10-24-23(11-15)33(14-25(38-24)19-5-2-6-20(19)26(34)35)39(36,37)18-4-1-3-16(12-18)27(30,31)32/h1,3-4,7-13,19-20,25-26,34-35H,6,14H2/t19-,20-,25+/m0/s1. The number of halogens is 5. The number of benzene rings is 3. The number of nitrogens with zero attached hydrogens (tertiary/aromatic N) is 1. The van der Waals surface area contributed by atoms with Crippen molar-refractivity contribution in [2.75, 3.05) is 10.8 Å². The van der Waals surface area contributed by atoms with E-state index < -0.39 is 69.1 Å². The minimum absolute atomic E-state index is 0.0118. The lowest BCUT2D eigenvalue weighted by Crippen LogP contribution is -2.48. The van der Waals surface area contributed by atoms with Crippen LogP contribution in [0.3, 0.4) is 0 Å². The molecule has 0 amide bonds. The molecule has 0 saturated carbocycles. The molecule has 2 N–H and O–H groups in total. The molecule has 0 bridgehead atoms. The molecule has 3 atom stereocenters. The predicted octanol–water partition coefficient (Wildman–Crippen LogP) is 4.56. The van der Waals surface area contributed by atoms with Gasteiger partial charge in [-0.15, -0.1) is 5.92 Å². The molecule has 1 aliphatic carbocycles. The van der Waals surface area contributed by atoms with Crippen molar-refractivity contribution in [3.63, 3.8) is 0 Å². The van der Waals surface area contributed by atoms with E-state index in [0.717, 1.165) is 40.7 Å². The number of rotatable bonds is 5. The van der Waals surface area contributed by atoms with E-state index in [4.69, 9.17) is 4.74 Å². The molecule has 204 valence electrons. The molecule has 3 aromatic rings. The van der Waals surface area contributed by atoms with E-state index in [1.54, 1.807) is 0 Å². The maximum atomic E-state index is 14.5. The highest BCUT2D eigenvalue weighted by Gasteiger charge is 2.43. The monoisotopic (exact) mass is 565 g/mol. The molecule has 12 heteroatoms. The van der Waals surface area contributed by atoms with Crippen molar-refractivity contribution in [3.05, 3.63) is 77.9 Å². The Labute approximate surface area is 220 Å². The van der Waals surface area contributed by atoms with Crippen LogP contribution in [0.1, 0.15) is 12.0 Å². The minimum atomic E-state index is -4.80. The maximum Gasteiger partial charge on any atom is 0.416 e. The summed E-state index contributed by atoms with van der Waals surface area (Å²) in [5.41, 5.74) is -1.35. The van der Waals surface area contributed by atoms with Crippen molar-refractivity contribution in [1.82, 2.24) is 0 Å². The highest BCUT2D eigenvalue weighted by atomic mass is 32.2. The van der Waals surface area contributed by atoms with Gasteiger partial charge in [-0.1, -0.05) is 18.1 Å². The fourth-order valence-electron chi connectivity index (χ4n) is 4.72. The van der Waals surface area contributed by atoms with Crippen LogP contribution in [0.4, 0.5) is 27.6 Å².